The first kappa shape index (κ1) is 20.0. The van der Waals surface area contributed by atoms with E-state index in [2.05, 4.69) is 36.9 Å². The molecule has 6 heteroatoms. The Bertz CT molecular complexity index is 1140. The second-order valence-corrected chi connectivity index (χ2v) is 7.78. The van der Waals surface area contributed by atoms with E-state index in [0.29, 0.717) is 24.4 Å². The summed E-state index contributed by atoms with van der Waals surface area (Å²) in [5, 5.41) is 0.857. The van der Waals surface area contributed by atoms with Crippen LogP contribution < -0.4 is 15.3 Å². The van der Waals surface area contributed by atoms with Crippen LogP contribution in [0.4, 0.5) is 5.69 Å². The van der Waals surface area contributed by atoms with Crippen molar-refractivity contribution in [1.82, 2.24) is 4.90 Å². The van der Waals surface area contributed by atoms with E-state index < -0.39 is 5.63 Å². The van der Waals surface area contributed by atoms with E-state index in [0.717, 1.165) is 24.0 Å². The van der Waals surface area contributed by atoms with Crippen LogP contribution in [0.3, 0.4) is 0 Å². The van der Waals surface area contributed by atoms with Crippen LogP contribution in [0.5, 0.6) is 5.75 Å². The summed E-state index contributed by atoms with van der Waals surface area (Å²) in [6, 6.07) is 13.1. The highest BCUT2D eigenvalue weighted by Crippen LogP contribution is 2.24. The van der Waals surface area contributed by atoms with Gasteiger partial charge in [-0.15, -0.1) is 0 Å². The molecule has 1 amide bonds. The molecule has 2 heterocycles. The molecule has 1 saturated heterocycles. The van der Waals surface area contributed by atoms with Crippen molar-refractivity contribution in [2.24, 2.45) is 0 Å². The Morgan fingerprint density at radius 1 is 1.00 bits per heavy atom. The van der Waals surface area contributed by atoms with E-state index in [1.54, 1.807) is 12.1 Å². The molecule has 6 nitrogen and oxygen atoms in total. The Balaban J connectivity index is 1.36. The summed E-state index contributed by atoms with van der Waals surface area (Å²) in [6.45, 7) is 9.03. The summed E-state index contributed by atoms with van der Waals surface area (Å²) in [4.78, 5) is 28.4. The molecule has 0 saturated carbocycles. The number of carbonyl (C=O) groups excluding carboxylic acids is 1. The predicted molar refractivity (Wildman–Crippen MR) is 117 cm³/mol. The zero-order valence-corrected chi connectivity index (χ0v) is 17.6. The third-order valence-corrected chi connectivity index (χ3v) is 5.83. The molecular formula is C24H26N2O4. The minimum absolute atomic E-state index is 0.0367. The van der Waals surface area contributed by atoms with Crippen LogP contribution in [0.1, 0.15) is 16.7 Å². The van der Waals surface area contributed by atoms with Crippen LogP contribution in [0.25, 0.3) is 11.0 Å². The molecule has 0 atom stereocenters. The summed E-state index contributed by atoms with van der Waals surface area (Å²) in [6.07, 6.45) is 0. The second kappa shape index (κ2) is 8.22. The molecule has 1 aliphatic rings. The fourth-order valence-corrected chi connectivity index (χ4v) is 3.91. The number of carbonyl (C=O) groups is 1. The zero-order chi connectivity index (χ0) is 21.3. The molecule has 3 aromatic rings. The second-order valence-electron chi connectivity index (χ2n) is 7.78. The van der Waals surface area contributed by atoms with E-state index in [9.17, 15) is 9.59 Å². The molecule has 4 rings (SSSR count). The molecule has 30 heavy (non-hydrogen) atoms. The maximum atomic E-state index is 12.6. The van der Waals surface area contributed by atoms with Crippen molar-refractivity contribution in [3.05, 3.63) is 69.6 Å². The van der Waals surface area contributed by atoms with Crippen LogP contribution >= 0.6 is 0 Å². The number of rotatable bonds is 4. The minimum Gasteiger partial charge on any atom is -0.484 e. The fourth-order valence-electron chi connectivity index (χ4n) is 3.91. The number of nitrogens with zero attached hydrogens (tertiary/aromatic N) is 2. The van der Waals surface area contributed by atoms with Gasteiger partial charge in [0, 0.05) is 49.4 Å². The van der Waals surface area contributed by atoms with Gasteiger partial charge < -0.3 is 19.0 Å². The predicted octanol–water partition coefficient (Wildman–Crippen LogP) is 3.45. The molecule has 0 spiro atoms. The third kappa shape index (κ3) is 4.03. The SMILES string of the molecule is Cc1cccc(N2CCN(C(=O)COc3ccc4c(C)cc(=O)oc4c3)CC2)c1C. The monoisotopic (exact) mass is 406 g/mol. The average Bonchev–Trinajstić information content (AvgIpc) is 2.73. The normalized spacial score (nSPS) is 14.2. The molecule has 156 valence electrons. The van der Waals surface area contributed by atoms with Gasteiger partial charge in [0.2, 0.25) is 0 Å². The Labute approximate surface area is 175 Å². The maximum absolute atomic E-state index is 12.6. The average molecular weight is 406 g/mol. The molecule has 2 aromatic carbocycles. The number of anilines is 1. The van der Waals surface area contributed by atoms with Crippen LogP contribution in [-0.4, -0.2) is 43.6 Å². The van der Waals surface area contributed by atoms with Gasteiger partial charge in [0.15, 0.2) is 6.61 Å². The lowest BCUT2D eigenvalue weighted by Gasteiger charge is -2.37. The summed E-state index contributed by atoms with van der Waals surface area (Å²) in [7, 11) is 0. The highest BCUT2D eigenvalue weighted by molar-refractivity contribution is 5.82. The molecule has 0 radical (unpaired) electrons. The summed E-state index contributed by atoms with van der Waals surface area (Å²) < 4.78 is 10.9. The van der Waals surface area contributed by atoms with Gasteiger partial charge in [-0.25, -0.2) is 4.79 Å². The number of hydrogen-bond donors (Lipinski definition) is 0. The fraction of sp³-hybridized carbons (Fsp3) is 0.333. The van der Waals surface area contributed by atoms with Gasteiger partial charge in [0.1, 0.15) is 11.3 Å². The van der Waals surface area contributed by atoms with Crippen molar-refractivity contribution in [2.75, 3.05) is 37.7 Å². The number of benzene rings is 2. The van der Waals surface area contributed by atoms with Crippen molar-refractivity contribution >= 4 is 22.6 Å². The highest BCUT2D eigenvalue weighted by atomic mass is 16.5. The quantitative estimate of drug-likeness (QED) is 0.621. The van der Waals surface area contributed by atoms with Gasteiger partial charge in [0.05, 0.1) is 0 Å². The first-order chi connectivity index (χ1) is 14.4. The Morgan fingerprint density at radius 2 is 1.77 bits per heavy atom. The lowest BCUT2D eigenvalue weighted by molar-refractivity contribution is -0.133. The molecule has 0 bridgehead atoms. The van der Waals surface area contributed by atoms with Crippen molar-refractivity contribution in [2.45, 2.75) is 20.8 Å². The number of piperazine rings is 1. The molecular weight excluding hydrogens is 380 g/mol. The molecule has 0 aliphatic carbocycles. The summed E-state index contributed by atoms with van der Waals surface area (Å²) in [5.41, 5.74) is 4.73. The molecule has 1 aromatic heterocycles. The van der Waals surface area contributed by atoms with Crippen LogP contribution in [0.2, 0.25) is 0 Å². The van der Waals surface area contributed by atoms with E-state index in [4.69, 9.17) is 9.15 Å². The van der Waals surface area contributed by atoms with Gasteiger partial charge in [-0.1, -0.05) is 12.1 Å². The third-order valence-electron chi connectivity index (χ3n) is 5.83. The van der Waals surface area contributed by atoms with Crippen molar-refractivity contribution in [1.29, 1.82) is 0 Å². The first-order valence-electron chi connectivity index (χ1n) is 10.2. The topological polar surface area (TPSA) is 63.0 Å². The van der Waals surface area contributed by atoms with E-state index in [-0.39, 0.29) is 12.5 Å². The lowest BCUT2D eigenvalue weighted by atomic mass is 10.1. The van der Waals surface area contributed by atoms with E-state index in [1.165, 1.54) is 22.9 Å². The van der Waals surface area contributed by atoms with Crippen molar-refractivity contribution in [3.8, 4) is 5.75 Å². The smallest absolute Gasteiger partial charge is 0.336 e. The standard InChI is InChI=1S/C24H26N2O4/c1-16-5-4-6-21(18(16)3)25-9-11-26(12-10-25)23(27)15-29-19-7-8-20-17(2)13-24(28)30-22(20)14-19/h4-8,13-14H,9-12,15H2,1-3H3. The van der Waals surface area contributed by atoms with Gasteiger partial charge >= 0.3 is 5.63 Å². The van der Waals surface area contributed by atoms with E-state index >= 15 is 0 Å². The van der Waals surface area contributed by atoms with Crippen LogP contribution in [0.15, 0.2) is 51.7 Å². The highest BCUT2D eigenvalue weighted by Gasteiger charge is 2.22. The molecule has 1 fully saturated rings. The first-order valence-corrected chi connectivity index (χ1v) is 10.2. The number of fused-ring (bicyclic) bond motifs is 1. The van der Waals surface area contributed by atoms with Crippen LogP contribution in [-0.2, 0) is 4.79 Å². The number of ether oxygens (including phenoxy) is 1. The number of amides is 1. The zero-order valence-electron chi connectivity index (χ0n) is 17.6. The molecule has 1 aliphatic heterocycles. The Hall–Kier alpha value is -3.28. The summed E-state index contributed by atoms with van der Waals surface area (Å²) >= 11 is 0. The van der Waals surface area contributed by atoms with Crippen LogP contribution in [0, 0.1) is 20.8 Å². The molecule has 0 unspecified atom stereocenters. The number of aryl methyl sites for hydroxylation is 2. The minimum atomic E-state index is -0.394. The lowest BCUT2D eigenvalue weighted by Crippen LogP contribution is -2.50. The molecule has 0 N–H and O–H groups in total. The van der Waals surface area contributed by atoms with Gasteiger partial charge in [0.25, 0.3) is 5.91 Å². The van der Waals surface area contributed by atoms with Gasteiger partial charge in [-0.05, 0) is 55.7 Å². The van der Waals surface area contributed by atoms with Crippen molar-refractivity contribution in [3.63, 3.8) is 0 Å². The largest absolute Gasteiger partial charge is 0.484 e. The van der Waals surface area contributed by atoms with Crippen molar-refractivity contribution < 1.29 is 13.9 Å². The van der Waals surface area contributed by atoms with Gasteiger partial charge in [-0.2, -0.15) is 0 Å². The Morgan fingerprint density at radius 3 is 2.53 bits per heavy atom. The Kier molecular flexibility index (Phi) is 5.48. The van der Waals surface area contributed by atoms with E-state index in [1.807, 2.05) is 17.9 Å². The maximum Gasteiger partial charge on any atom is 0.336 e. The van der Waals surface area contributed by atoms with Gasteiger partial charge in [-0.3, -0.25) is 4.79 Å². The summed E-state index contributed by atoms with van der Waals surface area (Å²) in [5.74, 6) is 0.472. The number of hydrogen-bond acceptors (Lipinski definition) is 5.